The van der Waals surface area contributed by atoms with Crippen LogP contribution in [0.25, 0.3) is 11.0 Å². The third-order valence-corrected chi connectivity index (χ3v) is 7.75. The predicted molar refractivity (Wildman–Crippen MR) is 141 cm³/mol. The summed E-state index contributed by atoms with van der Waals surface area (Å²) in [7, 11) is 0. The molecule has 5 rings (SSSR count). The lowest BCUT2D eigenvalue weighted by atomic mass is 9.85. The highest BCUT2D eigenvalue weighted by Crippen LogP contribution is 2.37. The Labute approximate surface area is 227 Å². The summed E-state index contributed by atoms with van der Waals surface area (Å²) in [5.41, 5.74) is 0.567. The summed E-state index contributed by atoms with van der Waals surface area (Å²) in [6, 6.07) is 17.3. The number of nitrogens with one attached hydrogen (secondary N) is 1. The molecular formula is C30H29F6N3O. The van der Waals surface area contributed by atoms with E-state index in [1.54, 1.807) is 12.1 Å². The summed E-state index contributed by atoms with van der Waals surface area (Å²) in [5.74, 6) is -0.619. The van der Waals surface area contributed by atoms with Gasteiger partial charge in [0.15, 0.2) is 0 Å². The predicted octanol–water partition coefficient (Wildman–Crippen LogP) is 7.62. The molecule has 1 aromatic heterocycles. The van der Waals surface area contributed by atoms with Gasteiger partial charge in [-0.3, -0.25) is 4.57 Å². The largest absolute Gasteiger partial charge is 0.416 e. The number of aromatic amines is 1. The van der Waals surface area contributed by atoms with E-state index in [1.807, 2.05) is 28.8 Å². The van der Waals surface area contributed by atoms with Crippen molar-refractivity contribution in [3.8, 4) is 0 Å². The van der Waals surface area contributed by atoms with Gasteiger partial charge in [0.05, 0.1) is 22.2 Å². The molecule has 4 aromatic rings. The second-order valence-corrected chi connectivity index (χ2v) is 10.3. The number of benzene rings is 3. The zero-order valence-electron chi connectivity index (χ0n) is 21.6. The summed E-state index contributed by atoms with van der Waals surface area (Å²) in [6.45, 7) is 2.15. The standard InChI is InChI=1S/C30H29F6N3O/c31-29(32,33)22-8-3-6-20(18-22)25(21-7-4-9-23(19-21)30(34,35)36)10-5-15-38-16-13-24(14-17-38)39-27-12-2-1-11-26(27)37-28(39)40/h1-4,6-9,11-12,18-19,24-25H,5,10,13-17H2,(H,37,40). The van der Waals surface area contributed by atoms with Crippen LogP contribution in [0.4, 0.5) is 26.3 Å². The van der Waals surface area contributed by atoms with Crippen molar-refractivity contribution in [1.29, 1.82) is 0 Å². The molecule has 1 aliphatic heterocycles. The average molecular weight is 562 g/mol. The molecule has 10 heteroatoms. The zero-order valence-corrected chi connectivity index (χ0v) is 21.6. The van der Waals surface area contributed by atoms with Gasteiger partial charge >= 0.3 is 18.0 Å². The molecule has 1 aliphatic rings. The summed E-state index contributed by atoms with van der Waals surface area (Å²) in [5, 5.41) is 0. The number of piperidine rings is 1. The molecule has 1 saturated heterocycles. The Kier molecular flexibility index (Phi) is 7.81. The number of fused-ring (bicyclic) bond motifs is 1. The van der Waals surface area contributed by atoms with Gasteiger partial charge in [-0.25, -0.2) is 4.79 Å². The van der Waals surface area contributed by atoms with Crippen LogP contribution < -0.4 is 5.69 Å². The molecule has 1 N–H and O–H groups in total. The van der Waals surface area contributed by atoms with Crippen molar-refractivity contribution in [2.24, 2.45) is 0 Å². The maximum Gasteiger partial charge on any atom is 0.416 e. The van der Waals surface area contributed by atoms with E-state index in [0.29, 0.717) is 30.5 Å². The van der Waals surface area contributed by atoms with Gasteiger partial charge < -0.3 is 9.88 Å². The fourth-order valence-electron chi connectivity index (χ4n) is 5.75. The van der Waals surface area contributed by atoms with Gasteiger partial charge in [-0.1, -0.05) is 48.5 Å². The second-order valence-electron chi connectivity index (χ2n) is 10.3. The maximum atomic E-state index is 13.4. The number of hydrogen-bond acceptors (Lipinski definition) is 2. The van der Waals surface area contributed by atoms with Crippen LogP contribution in [0.2, 0.25) is 0 Å². The summed E-state index contributed by atoms with van der Waals surface area (Å²) >= 11 is 0. The minimum Gasteiger partial charge on any atom is -0.306 e. The Morgan fingerprint density at radius 1 is 0.800 bits per heavy atom. The molecule has 0 amide bonds. The van der Waals surface area contributed by atoms with E-state index in [2.05, 4.69) is 9.88 Å². The third kappa shape index (κ3) is 6.11. The van der Waals surface area contributed by atoms with E-state index < -0.39 is 29.4 Å². The number of alkyl halides is 6. The van der Waals surface area contributed by atoms with Crippen molar-refractivity contribution in [2.75, 3.05) is 19.6 Å². The third-order valence-electron chi connectivity index (χ3n) is 7.75. The van der Waals surface area contributed by atoms with Gasteiger partial charge in [-0.15, -0.1) is 0 Å². The topological polar surface area (TPSA) is 41.0 Å². The number of H-pyrrole nitrogens is 1. The Hall–Kier alpha value is -3.53. The van der Waals surface area contributed by atoms with E-state index in [-0.39, 0.29) is 11.7 Å². The lowest BCUT2D eigenvalue weighted by Gasteiger charge is -2.33. The van der Waals surface area contributed by atoms with E-state index in [9.17, 15) is 31.1 Å². The minimum atomic E-state index is -4.55. The second kappa shape index (κ2) is 11.2. The van der Waals surface area contributed by atoms with Gasteiger partial charge in [-0.2, -0.15) is 26.3 Å². The lowest BCUT2D eigenvalue weighted by molar-refractivity contribution is -0.138. The highest BCUT2D eigenvalue weighted by atomic mass is 19.4. The number of likely N-dealkylation sites (tertiary alicyclic amines) is 1. The lowest BCUT2D eigenvalue weighted by Crippen LogP contribution is -2.37. The maximum absolute atomic E-state index is 13.4. The highest BCUT2D eigenvalue weighted by molar-refractivity contribution is 5.75. The summed E-state index contributed by atoms with van der Waals surface area (Å²) < 4.78 is 82.3. The molecule has 0 bridgehead atoms. The highest BCUT2D eigenvalue weighted by Gasteiger charge is 2.33. The van der Waals surface area contributed by atoms with Crippen LogP contribution >= 0.6 is 0 Å². The molecule has 0 aliphatic carbocycles. The molecular weight excluding hydrogens is 532 g/mol. The number of imidazole rings is 1. The SMILES string of the molecule is O=c1[nH]c2ccccc2n1C1CCN(CCCC(c2cccc(C(F)(F)F)c2)c2cccc(C(F)(F)F)c2)CC1. The van der Waals surface area contributed by atoms with Crippen molar-refractivity contribution < 1.29 is 26.3 Å². The van der Waals surface area contributed by atoms with Crippen molar-refractivity contribution >= 4 is 11.0 Å². The fourth-order valence-corrected chi connectivity index (χ4v) is 5.75. The van der Waals surface area contributed by atoms with Gasteiger partial charge in [0.1, 0.15) is 0 Å². The molecule has 2 heterocycles. The number of rotatable bonds is 7. The molecule has 0 atom stereocenters. The average Bonchev–Trinajstić information content (AvgIpc) is 3.26. The first kappa shape index (κ1) is 28.0. The van der Waals surface area contributed by atoms with Gasteiger partial charge in [0.2, 0.25) is 0 Å². The summed E-state index contributed by atoms with van der Waals surface area (Å²) in [6.07, 6.45) is -6.57. The van der Waals surface area contributed by atoms with Crippen molar-refractivity contribution in [1.82, 2.24) is 14.5 Å². The van der Waals surface area contributed by atoms with E-state index in [1.165, 1.54) is 12.1 Å². The first-order valence-electron chi connectivity index (χ1n) is 13.3. The Morgan fingerprint density at radius 3 is 1.95 bits per heavy atom. The van der Waals surface area contributed by atoms with Gasteiger partial charge in [0.25, 0.3) is 0 Å². The molecule has 4 nitrogen and oxygen atoms in total. The summed E-state index contributed by atoms with van der Waals surface area (Å²) in [4.78, 5) is 17.7. The molecule has 0 saturated carbocycles. The van der Waals surface area contributed by atoms with Crippen LogP contribution in [0, 0.1) is 0 Å². The number of hydrogen-bond donors (Lipinski definition) is 1. The van der Waals surface area contributed by atoms with Gasteiger partial charge in [-0.05, 0) is 67.6 Å². The quantitative estimate of drug-likeness (QED) is 0.236. The normalized spacial score (nSPS) is 15.8. The Balaban J connectivity index is 1.28. The van der Waals surface area contributed by atoms with Crippen LogP contribution in [0.15, 0.2) is 77.6 Å². The fraction of sp³-hybridized carbons (Fsp3) is 0.367. The smallest absolute Gasteiger partial charge is 0.306 e. The first-order valence-corrected chi connectivity index (χ1v) is 13.3. The van der Waals surface area contributed by atoms with Crippen molar-refractivity contribution in [3.63, 3.8) is 0 Å². The number of aromatic nitrogens is 2. The molecule has 3 aromatic carbocycles. The van der Waals surface area contributed by atoms with Crippen molar-refractivity contribution in [2.45, 2.75) is 50.0 Å². The van der Waals surface area contributed by atoms with E-state index >= 15 is 0 Å². The monoisotopic (exact) mass is 561 g/mol. The van der Waals surface area contributed by atoms with E-state index in [0.717, 1.165) is 61.2 Å². The molecule has 0 unspecified atom stereocenters. The molecule has 40 heavy (non-hydrogen) atoms. The molecule has 0 spiro atoms. The van der Waals surface area contributed by atoms with Crippen LogP contribution in [0.5, 0.6) is 0 Å². The number of para-hydroxylation sites is 2. The molecule has 212 valence electrons. The minimum absolute atomic E-state index is 0.0582. The van der Waals surface area contributed by atoms with E-state index in [4.69, 9.17) is 0 Å². The Bertz CT molecular complexity index is 1450. The Morgan fingerprint density at radius 2 is 1.38 bits per heavy atom. The molecule has 1 fully saturated rings. The van der Waals surface area contributed by atoms with Crippen molar-refractivity contribution in [3.05, 3.63) is 106 Å². The van der Waals surface area contributed by atoms with Crippen LogP contribution in [0.1, 0.15) is 59.9 Å². The van der Waals surface area contributed by atoms with Crippen LogP contribution in [-0.2, 0) is 12.4 Å². The van der Waals surface area contributed by atoms with Crippen LogP contribution in [0.3, 0.4) is 0 Å². The number of nitrogens with zero attached hydrogens (tertiary/aromatic N) is 2. The number of halogens is 6. The molecule has 0 radical (unpaired) electrons. The first-order chi connectivity index (χ1) is 19.0. The van der Waals surface area contributed by atoms with Gasteiger partial charge in [0, 0.05) is 25.0 Å². The zero-order chi connectivity index (χ0) is 28.5. The van der Waals surface area contributed by atoms with Crippen LogP contribution in [-0.4, -0.2) is 34.1 Å².